The molecule has 0 N–H and O–H groups in total. The fraction of sp³-hybridized carbons (Fsp3) is 0.500. The molecule has 0 aliphatic heterocycles. The SMILES string of the molecule is CC/C=C/CC/C=C/CCC/C=C/C#N. The van der Waals surface area contributed by atoms with Crippen molar-refractivity contribution < 1.29 is 0 Å². The van der Waals surface area contributed by atoms with Crippen LogP contribution >= 0.6 is 0 Å². The lowest BCUT2D eigenvalue weighted by atomic mass is 10.2. The summed E-state index contributed by atoms with van der Waals surface area (Å²) in [6.45, 7) is 2.15. The first kappa shape index (κ1) is 13.7. The van der Waals surface area contributed by atoms with E-state index < -0.39 is 0 Å². The number of nitrogens with zero attached hydrogens (tertiary/aromatic N) is 1. The number of unbranched alkanes of at least 4 members (excludes halogenated alkanes) is 3. The lowest BCUT2D eigenvalue weighted by Gasteiger charge is -1.90. The Kier molecular flexibility index (Phi) is 11.6. The third-order valence-corrected chi connectivity index (χ3v) is 2.00. The topological polar surface area (TPSA) is 23.8 Å². The normalized spacial score (nSPS) is 11.7. The Morgan fingerprint density at radius 2 is 1.47 bits per heavy atom. The Balaban J connectivity index is 3.21. The van der Waals surface area contributed by atoms with Gasteiger partial charge in [-0.25, -0.2) is 0 Å². The predicted molar refractivity (Wildman–Crippen MR) is 66.4 cm³/mol. The van der Waals surface area contributed by atoms with E-state index in [1.165, 1.54) is 0 Å². The van der Waals surface area contributed by atoms with Gasteiger partial charge in [0.2, 0.25) is 0 Å². The third-order valence-electron chi connectivity index (χ3n) is 2.00. The molecule has 0 fully saturated rings. The van der Waals surface area contributed by atoms with E-state index in [0.29, 0.717) is 0 Å². The van der Waals surface area contributed by atoms with Gasteiger partial charge in [-0.05, 0) is 38.5 Å². The van der Waals surface area contributed by atoms with Crippen molar-refractivity contribution in [2.45, 2.75) is 45.4 Å². The summed E-state index contributed by atoms with van der Waals surface area (Å²) in [6, 6.07) is 1.99. The third kappa shape index (κ3) is 12.7. The van der Waals surface area contributed by atoms with E-state index in [0.717, 1.165) is 38.5 Å². The van der Waals surface area contributed by atoms with Crippen molar-refractivity contribution in [3.63, 3.8) is 0 Å². The van der Waals surface area contributed by atoms with Crippen molar-refractivity contribution >= 4 is 0 Å². The van der Waals surface area contributed by atoms with Crippen LogP contribution in [0, 0.1) is 11.3 Å². The summed E-state index contributed by atoms with van der Waals surface area (Å²) in [4.78, 5) is 0. The molecule has 0 unspecified atom stereocenters. The monoisotopic (exact) mass is 203 g/mol. The Morgan fingerprint density at radius 3 is 2.13 bits per heavy atom. The summed E-state index contributed by atoms with van der Waals surface area (Å²) in [5.74, 6) is 0. The highest BCUT2D eigenvalue weighted by Crippen LogP contribution is 2.00. The Labute approximate surface area is 93.8 Å². The summed E-state index contributed by atoms with van der Waals surface area (Å²) < 4.78 is 0. The van der Waals surface area contributed by atoms with Crippen molar-refractivity contribution in [2.75, 3.05) is 0 Å². The van der Waals surface area contributed by atoms with Crippen LogP contribution in [-0.2, 0) is 0 Å². The summed E-state index contributed by atoms with van der Waals surface area (Å²) >= 11 is 0. The van der Waals surface area contributed by atoms with Crippen LogP contribution in [0.15, 0.2) is 36.5 Å². The minimum Gasteiger partial charge on any atom is -0.193 e. The summed E-state index contributed by atoms with van der Waals surface area (Å²) in [5, 5.41) is 8.25. The average Bonchev–Trinajstić information content (AvgIpc) is 2.26. The Hall–Kier alpha value is -1.29. The van der Waals surface area contributed by atoms with Gasteiger partial charge in [0.05, 0.1) is 6.07 Å². The van der Waals surface area contributed by atoms with Crippen LogP contribution in [0.5, 0.6) is 0 Å². The first-order valence-corrected chi connectivity index (χ1v) is 5.76. The molecule has 0 rings (SSSR count). The Bertz CT molecular complexity index is 241. The van der Waals surface area contributed by atoms with Gasteiger partial charge in [-0.3, -0.25) is 0 Å². The quantitative estimate of drug-likeness (QED) is 0.323. The van der Waals surface area contributed by atoms with Gasteiger partial charge in [-0.15, -0.1) is 0 Å². The number of allylic oxidation sites excluding steroid dienone is 6. The second-order valence-electron chi connectivity index (χ2n) is 3.39. The molecule has 82 valence electrons. The molecule has 0 saturated heterocycles. The van der Waals surface area contributed by atoms with E-state index in [4.69, 9.17) is 5.26 Å². The summed E-state index contributed by atoms with van der Waals surface area (Å²) in [5.41, 5.74) is 0. The fourth-order valence-electron chi connectivity index (χ4n) is 1.20. The highest BCUT2D eigenvalue weighted by molar-refractivity contribution is 5.01. The van der Waals surface area contributed by atoms with Crippen LogP contribution in [0.2, 0.25) is 0 Å². The lowest BCUT2D eigenvalue weighted by molar-refractivity contribution is 0.862. The van der Waals surface area contributed by atoms with Gasteiger partial charge >= 0.3 is 0 Å². The van der Waals surface area contributed by atoms with Crippen LogP contribution in [0.3, 0.4) is 0 Å². The van der Waals surface area contributed by atoms with Gasteiger partial charge in [0, 0.05) is 6.08 Å². The standard InChI is InChI=1S/C14H21N/c1-2-3-4-5-6-7-8-9-10-11-12-13-14-15/h3-4,7-8,12-13H,2,5-6,9-11H2,1H3/b4-3+,8-7+,13-12+. The van der Waals surface area contributed by atoms with E-state index >= 15 is 0 Å². The first-order valence-electron chi connectivity index (χ1n) is 5.76. The van der Waals surface area contributed by atoms with Crippen molar-refractivity contribution in [1.82, 2.24) is 0 Å². The predicted octanol–water partition coefficient (Wildman–Crippen LogP) is 4.54. The lowest BCUT2D eigenvalue weighted by Crippen LogP contribution is -1.70. The van der Waals surface area contributed by atoms with E-state index in [1.807, 2.05) is 12.1 Å². The summed E-state index contributed by atoms with van der Waals surface area (Å²) in [7, 11) is 0. The van der Waals surface area contributed by atoms with Crippen molar-refractivity contribution in [3.05, 3.63) is 36.5 Å². The van der Waals surface area contributed by atoms with Crippen LogP contribution in [0.25, 0.3) is 0 Å². The number of nitriles is 1. The maximum Gasteiger partial charge on any atom is 0.0908 e. The molecule has 0 aliphatic rings. The van der Waals surface area contributed by atoms with E-state index in [1.54, 1.807) is 6.08 Å². The van der Waals surface area contributed by atoms with Gasteiger partial charge in [-0.2, -0.15) is 5.26 Å². The van der Waals surface area contributed by atoms with E-state index in [2.05, 4.69) is 31.2 Å². The maximum absolute atomic E-state index is 8.25. The van der Waals surface area contributed by atoms with Gasteiger partial charge in [0.25, 0.3) is 0 Å². The van der Waals surface area contributed by atoms with Gasteiger partial charge in [0.1, 0.15) is 0 Å². The maximum atomic E-state index is 8.25. The number of rotatable bonds is 8. The zero-order valence-corrected chi connectivity index (χ0v) is 9.65. The van der Waals surface area contributed by atoms with Crippen LogP contribution in [0.1, 0.15) is 45.4 Å². The van der Waals surface area contributed by atoms with Crippen LogP contribution in [-0.4, -0.2) is 0 Å². The van der Waals surface area contributed by atoms with E-state index in [9.17, 15) is 0 Å². The molecule has 0 aromatic carbocycles. The molecule has 0 amide bonds. The molecule has 0 aromatic rings. The minimum absolute atomic E-state index is 1.01. The van der Waals surface area contributed by atoms with Gasteiger partial charge in [-0.1, -0.05) is 37.3 Å². The second-order valence-corrected chi connectivity index (χ2v) is 3.39. The average molecular weight is 203 g/mol. The minimum atomic E-state index is 1.01. The van der Waals surface area contributed by atoms with Crippen molar-refractivity contribution in [2.24, 2.45) is 0 Å². The largest absolute Gasteiger partial charge is 0.193 e. The molecule has 0 radical (unpaired) electrons. The van der Waals surface area contributed by atoms with Crippen molar-refractivity contribution in [1.29, 1.82) is 5.26 Å². The zero-order chi connectivity index (χ0) is 11.2. The van der Waals surface area contributed by atoms with E-state index in [-0.39, 0.29) is 0 Å². The molecule has 0 atom stereocenters. The number of hydrogen-bond acceptors (Lipinski definition) is 1. The number of hydrogen-bond donors (Lipinski definition) is 0. The molecular formula is C14H21N. The van der Waals surface area contributed by atoms with Crippen molar-refractivity contribution in [3.8, 4) is 6.07 Å². The Morgan fingerprint density at radius 1 is 0.867 bits per heavy atom. The van der Waals surface area contributed by atoms with Crippen LogP contribution in [0.4, 0.5) is 0 Å². The fourth-order valence-corrected chi connectivity index (χ4v) is 1.20. The molecule has 0 heterocycles. The second kappa shape index (κ2) is 12.7. The molecule has 0 aromatic heterocycles. The van der Waals surface area contributed by atoms with Gasteiger partial charge < -0.3 is 0 Å². The molecule has 1 heteroatoms. The summed E-state index contributed by atoms with van der Waals surface area (Å²) in [6.07, 6.45) is 19.1. The zero-order valence-electron chi connectivity index (χ0n) is 9.65. The van der Waals surface area contributed by atoms with Crippen LogP contribution < -0.4 is 0 Å². The molecule has 1 nitrogen and oxygen atoms in total. The molecule has 0 saturated carbocycles. The highest BCUT2D eigenvalue weighted by Gasteiger charge is 1.80. The molecule has 15 heavy (non-hydrogen) atoms. The molecule has 0 spiro atoms. The molecular weight excluding hydrogens is 182 g/mol. The first-order chi connectivity index (χ1) is 7.41. The van der Waals surface area contributed by atoms with Gasteiger partial charge in [0.15, 0.2) is 0 Å². The highest BCUT2D eigenvalue weighted by atomic mass is 14.2. The smallest absolute Gasteiger partial charge is 0.0908 e. The molecule has 0 bridgehead atoms. The molecule has 0 aliphatic carbocycles.